The van der Waals surface area contributed by atoms with Gasteiger partial charge in [0.1, 0.15) is 11.5 Å². The van der Waals surface area contributed by atoms with Crippen molar-refractivity contribution >= 4 is 16.5 Å². The third-order valence-corrected chi connectivity index (χ3v) is 3.07. The van der Waals surface area contributed by atoms with Crippen LogP contribution < -0.4 is 5.32 Å². The summed E-state index contributed by atoms with van der Waals surface area (Å²) in [6.07, 6.45) is 1.88. The van der Waals surface area contributed by atoms with E-state index in [-0.39, 0.29) is 0 Å². The molecule has 15 heavy (non-hydrogen) atoms. The minimum Gasteiger partial charge on any atom is -0.466 e. The first-order valence-electron chi connectivity index (χ1n) is 4.87. The van der Waals surface area contributed by atoms with E-state index >= 15 is 0 Å². The number of hydrogen-bond acceptors (Lipinski definition) is 4. The number of aryl methyl sites for hydroxylation is 3. The molecule has 80 valence electrons. The third kappa shape index (κ3) is 2.39. The zero-order valence-electron chi connectivity index (χ0n) is 9.13. The van der Waals surface area contributed by atoms with Gasteiger partial charge in [-0.2, -0.15) is 0 Å². The molecule has 0 amide bonds. The second-order valence-corrected chi connectivity index (χ2v) is 4.80. The number of aromatic nitrogens is 1. The van der Waals surface area contributed by atoms with Gasteiger partial charge in [-0.1, -0.05) is 0 Å². The molecular formula is C11H14N2OS. The van der Waals surface area contributed by atoms with Crippen LogP contribution in [0.3, 0.4) is 0 Å². The average Bonchev–Trinajstić information content (AvgIpc) is 2.70. The summed E-state index contributed by atoms with van der Waals surface area (Å²) in [4.78, 5) is 5.46. The number of nitrogens with zero attached hydrogens (tertiary/aromatic N) is 1. The lowest BCUT2D eigenvalue weighted by Gasteiger charge is -1.99. The third-order valence-electron chi connectivity index (χ3n) is 2.20. The largest absolute Gasteiger partial charge is 0.466 e. The van der Waals surface area contributed by atoms with Crippen LogP contribution in [0.4, 0.5) is 5.13 Å². The number of thiazole rings is 1. The molecule has 2 heterocycles. The maximum Gasteiger partial charge on any atom is 0.183 e. The molecule has 0 saturated heterocycles. The van der Waals surface area contributed by atoms with Crippen molar-refractivity contribution in [1.82, 2.24) is 4.98 Å². The Balaban J connectivity index is 2.01. The highest BCUT2D eigenvalue weighted by Crippen LogP contribution is 2.19. The molecule has 0 fully saturated rings. The van der Waals surface area contributed by atoms with Gasteiger partial charge >= 0.3 is 0 Å². The highest BCUT2D eigenvalue weighted by atomic mass is 32.1. The van der Waals surface area contributed by atoms with E-state index in [1.54, 1.807) is 11.3 Å². The molecule has 1 N–H and O–H groups in total. The second kappa shape index (κ2) is 4.06. The minimum absolute atomic E-state index is 0.774. The van der Waals surface area contributed by atoms with Crippen molar-refractivity contribution in [2.45, 2.75) is 27.3 Å². The fourth-order valence-electron chi connectivity index (χ4n) is 1.47. The Kier molecular flexibility index (Phi) is 2.77. The van der Waals surface area contributed by atoms with E-state index in [9.17, 15) is 0 Å². The zero-order valence-corrected chi connectivity index (χ0v) is 9.94. The van der Waals surface area contributed by atoms with Gasteiger partial charge in [-0.3, -0.25) is 0 Å². The lowest BCUT2D eigenvalue weighted by Crippen LogP contribution is -1.98. The van der Waals surface area contributed by atoms with Crippen LogP contribution in [0, 0.1) is 20.8 Å². The SMILES string of the molecule is Cc1cc(CNc2ncc(C)s2)c(C)o1. The Morgan fingerprint density at radius 2 is 2.20 bits per heavy atom. The van der Waals surface area contributed by atoms with Crippen molar-refractivity contribution in [3.8, 4) is 0 Å². The van der Waals surface area contributed by atoms with Crippen LogP contribution in [-0.2, 0) is 6.54 Å². The Bertz CT molecular complexity index is 459. The van der Waals surface area contributed by atoms with Crippen LogP contribution >= 0.6 is 11.3 Å². The van der Waals surface area contributed by atoms with Crippen LogP contribution in [0.25, 0.3) is 0 Å². The first kappa shape index (κ1) is 10.2. The number of rotatable bonds is 3. The second-order valence-electron chi connectivity index (χ2n) is 3.57. The Labute approximate surface area is 93.2 Å². The lowest BCUT2D eigenvalue weighted by atomic mass is 10.2. The Morgan fingerprint density at radius 3 is 2.73 bits per heavy atom. The van der Waals surface area contributed by atoms with Crippen LogP contribution in [0.5, 0.6) is 0 Å². The summed E-state index contributed by atoms with van der Waals surface area (Å²) < 4.78 is 5.45. The smallest absolute Gasteiger partial charge is 0.183 e. The molecule has 2 rings (SSSR count). The average molecular weight is 222 g/mol. The molecule has 4 heteroatoms. The standard InChI is InChI=1S/C11H14N2OS/c1-7-4-10(9(3)14-7)6-13-11-12-5-8(2)15-11/h4-5H,6H2,1-3H3,(H,12,13). The summed E-state index contributed by atoms with van der Waals surface area (Å²) in [5.41, 5.74) is 1.19. The summed E-state index contributed by atoms with van der Waals surface area (Å²) in [5.74, 6) is 1.94. The van der Waals surface area contributed by atoms with Crippen LogP contribution in [0.1, 0.15) is 22.0 Å². The molecule has 0 aliphatic heterocycles. The van der Waals surface area contributed by atoms with Gasteiger partial charge in [0, 0.05) is 23.2 Å². The van der Waals surface area contributed by atoms with E-state index in [1.807, 2.05) is 20.0 Å². The van der Waals surface area contributed by atoms with E-state index in [0.29, 0.717) is 0 Å². The van der Waals surface area contributed by atoms with E-state index in [0.717, 1.165) is 23.2 Å². The predicted molar refractivity (Wildman–Crippen MR) is 62.4 cm³/mol. The minimum atomic E-state index is 0.774. The van der Waals surface area contributed by atoms with Crippen LogP contribution in [0.2, 0.25) is 0 Å². The maximum absolute atomic E-state index is 5.45. The monoisotopic (exact) mass is 222 g/mol. The first-order chi connectivity index (χ1) is 7.15. The maximum atomic E-state index is 5.45. The van der Waals surface area contributed by atoms with Gasteiger partial charge in [0.2, 0.25) is 0 Å². The fraction of sp³-hybridized carbons (Fsp3) is 0.364. The number of anilines is 1. The van der Waals surface area contributed by atoms with Crippen molar-refractivity contribution in [1.29, 1.82) is 0 Å². The summed E-state index contributed by atoms with van der Waals surface area (Å²) in [6.45, 7) is 6.77. The number of nitrogens with one attached hydrogen (secondary N) is 1. The molecule has 0 spiro atoms. The topological polar surface area (TPSA) is 38.1 Å². The number of hydrogen-bond donors (Lipinski definition) is 1. The predicted octanol–water partition coefficient (Wildman–Crippen LogP) is 3.27. The van der Waals surface area contributed by atoms with Crippen molar-refractivity contribution in [3.05, 3.63) is 34.2 Å². The van der Waals surface area contributed by atoms with Crippen LogP contribution in [0.15, 0.2) is 16.7 Å². The summed E-state index contributed by atoms with van der Waals surface area (Å²) in [7, 11) is 0. The normalized spacial score (nSPS) is 10.6. The van der Waals surface area contributed by atoms with E-state index in [1.165, 1.54) is 10.4 Å². The van der Waals surface area contributed by atoms with Crippen LogP contribution in [-0.4, -0.2) is 4.98 Å². The number of furan rings is 1. The van der Waals surface area contributed by atoms with Gasteiger partial charge in [0.15, 0.2) is 5.13 Å². The quantitative estimate of drug-likeness (QED) is 0.866. The highest BCUT2D eigenvalue weighted by Gasteiger charge is 2.05. The molecule has 0 aliphatic carbocycles. The van der Waals surface area contributed by atoms with Crippen molar-refractivity contribution in [2.75, 3.05) is 5.32 Å². The summed E-state index contributed by atoms with van der Waals surface area (Å²) in [6, 6.07) is 2.06. The molecule has 0 aliphatic rings. The Morgan fingerprint density at radius 1 is 1.40 bits per heavy atom. The first-order valence-corrected chi connectivity index (χ1v) is 5.69. The molecule has 0 saturated carbocycles. The molecule has 0 atom stereocenters. The summed E-state index contributed by atoms with van der Waals surface area (Å²) >= 11 is 1.67. The Hall–Kier alpha value is -1.29. The van der Waals surface area contributed by atoms with E-state index < -0.39 is 0 Å². The van der Waals surface area contributed by atoms with Crippen molar-refractivity contribution in [2.24, 2.45) is 0 Å². The zero-order chi connectivity index (χ0) is 10.8. The van der Waals surface area contributed by atoms with E-state index in [2.05, 4.69) is 23.3 Å². The molecule has 3 nitrogen and oxygen atoms in total. The van der Waals surface area contributed by atoms with Gasteiger partial charge in [-0.15, -0.1) is 11.3 Å². The molecule has 0 unspecified atom stereocenters. The highest BCUT2D eigenvalue weighted by molar-refractivity contribution is 7.15. The van der Waals surface area contributed by atoms with Gasteiger partial charge in [0.25, 0.3) is 0 Å². The van der Waals surface area contributed by atoms with Crippen molar-refractivity contribution in [3.63, 3.8) is 0 Å². The van der Waals surface area contributed by atoms with Gasteiger partial charge in [-0.05, 0) is 26.8 Å². The fourth-order valence-corrected chi connectivity index (χ4v) is 2.13. The van der Waals surface area contributed by atoms with Gasteiger partial charge in [-0.25, -0.2) is 4.98 Å². The molecule has 0 aromatic carbocycles. The molecule has 2 aromatic rings. The molecule has 0 bridgehead atoms. The van der Waals surface area contributed by atoms with Crippen molar-refractivity contribution < 1.29 is 4.42 Å². The summed E-state index contributed by atoms with van der Waals surface area (Å²) in [5, 5.41) is 4.25. The van der Waals surface area contributed by atoms with Gasteiger partial charge in [0.05, 0.1) is 0 Å². The molecule has 2 aromatic heterocycles. The molecular weight excluding hydrogens is 208 g/mol. The lowest BCUT2D eigenvalue weighted by molar-refractivity contribution is 0.501. The van der Waals surface area contributed by atoms with Gasteiger partial charge < -0.3 is 9.73 Å². The van der Waals surface area contributed by atoms with E-state index in [4.69, 9.17) is 4.42 Å². The molecule has 0 radical (unpaired) electrons.